The fourth-order valence-corrected chi connectivity index (χ4v) is 2.62. The summed E-state index contributed by atoms with van der Waals surface area (Å²) in [6.07, 6.45) is 1.97. The van der Waals surface area contributed by atoms with Crippen LogP contribution in [0.2, 0.25) is 0 Å². The summed E-state index contributed by atoms with van der Waals surface area (Å²) in [6, 6.07) is 6.15. The van der Waals surface area contributed by atoms with Gasteiger partial charge in [-0.2, -0.15) is 0 Å². The zero-order chi connectivity index (χ0) is 14.3. The normalized spacial score (nSPS) is 11.3. The van der Waals surface area contributed by atoms with Gasteiger partial charge in [-0.25, -0.2) is 13.1 Å². The summed E-state index contributed by atoms with van der Waals surface area (Å²) in [5.74, 6) is -0.0674. The summed E-state index contributed by atoms with van der Waals surface area (Å²) in [5, 5.41) is 2.71. The molecule has 0 aromatic heterocycles. The SMILES string of the molecule is CCCNS(=O)(=O)c1ccc(NC(=O)CCC)cc1. The number of rotatable bonds is 7. The predicted molar refractivity (Wildman–Crippen MR) is 75.5 cm³/mol. The molecule has 0 aliphatic heterocycles. The lowest BCUT2D eigenvalue weighted by atomic mass is 10.3. The van der Waals surface area contributed by atoms with Crippen molar-refractivity contribution in [2.24, 2.45) is 0 Å². The highest BCUT2D eigenvalue weighted by atomic mass is 32.2. The van der Waals surface area contributed by atoms with Crippen molar-refractivity contribution in [2.45, 2.75) is 38.0 Å². The van der Waals surface area contributed by atoms with Gasteiger partial charge in [-0.1, -0.05) is 13.8 Å². The van der Waals surface area contributed by atoms with Gasteiger partial charge in [0.25, 0.3) is 0 Å². The second-order valence-electron chi connectivity index (χ2n) is 4.22. The van der Waals surface area contributed by atoms with Crippen molar-refractivity contribution in [1.29, 1.82) is 0 Å². The molecule has 0 aliphatic rings. The lowest BCUT2D eigenvalue weighted by molar-refractivity contribution is -0.116. The number of carbonyl (C=O) groups excluding carboxylic acids is 1. The molecule has 106 valence electrons. The van der Waals surface area contributed by atoms with Crippen molar-refractivity contribution in [3.05, 3.63) is 24.3 Å². The number of sulfonamides is 1. The fraction of sp³-hybridized carbons (Fsp3) is 0.462. The smallest absolute Gasteiger partial charge is 0.240 e. The Morgan fingerprint density at radius 3 is 2.26 bits per heavy atom. The van der Waals surface area contributed by atoms with Crippen molar-refractivity contribution in [2.75, 3.05) is 11.9 Å². The maximum Gasteiger partial charge on any atom is 0.240 e. The Labute approximate surface area is 114 Å². The summed E-state index contributed by atoms with van der Waals surface area (Å²) in [4.78, 5) is 11.6. The highest BCUT2D eigenvalue weighted by Crippen LogP contribution is 2.14. The molecule has 5 nitrogen and oxygen atoms in total. The third-order valence-electron chi connectivity index (χ3n) is 2.47. The van der Waals surface area contributed by atoms with E-state index in [9.17, 15) is 13.2 Å². The number of nitrogens with one attached hydrogen (secondary N) is 2. The molecule has 1 rings (SSSR count). The van der Waals surface area contributed by atoms with Gasteiger partial charge in [0.05, 0.1) is 4.90 Å². The van der Waals surface area contributed by atoms with Gasteiger partial charge < -0.3 is 5.32 Å². The van der Waals surface area contributed by atoms with Crippen LogP contribution in [-0.4, -0.2) is 20.9 Å². The largest absolute Gasteiger partial charge is 0.326 e. The van der Waals surface area contributed by atoms with Crippen LogP contribution in [0.3, 0.4) is 0 Å². The monoisotopic (exact) mass is 284 g/mol. The van der Waals surface area contributed by atoms with Gasteiger partial charge in [0, 0.05) is 18.7 Å². The highest BCUT2D eigenvalue weighted by molar-refractivity contribution is 7.89. The van der Waals surface area contributed by atoms with Gasteiger partial charge in [0.15, 0.2) is 0 Å². The Morgan fingerprint density at radius 1 is 1.11 bits per heavy atom. The Kier molecular flexibility index (Phi) is 5.98. The minimum Gasteiger partial charge on any atom is -0.326 e. The van der Waals surface area contributed by atoms with E-state index in [2.05, 4.69) is 10.0 Å². The van der Waals surface area contributed by atoms with Crippen molar-refractivity contribution >= 4 is 21.6 Å². The quantitative estimate of drug-likeness (QED) is 0.805. The third kappa shape index (κ3) is 5.00. The minimum atomic E-state index is -3.44. The zero-order valence-electron chi connectivity index (χ0n) is 11.3. The Hall–Kier alpha value is -1.40. The summed E-state index contributed by atoms with van der Waals surface area (Å²) < 4.78 is 26.1. The second kappa shape index (κ2) is 7.25. The molecule has 19 heavy (non-hydrogen) atoms. The zero-order valence-corrected chi connectivity index (χ0v) is 12.1. The van der Waals surface area contributed by atoms with Gasteiger partial charge in [-0.05, 0) is 37.1 Å². The van der Waals surface area contributed by atoms with Gasteiger partial charge in [0.1, 0.15) is 0 Å². The first-order valence-electron chi connectivity index (χ1n) is 6.39. The molecule has 0 unspecified atom stereocenters. The molecule has 1 amide bonds. The third-order valence-corrected chi connectivity index (χ3v) is 3.94. The van der Waals surface area contributed by atoms with Crippen LogP contribution in [0.4, 0.5) is 5.69 Å². The van der Waals surface area contributed by atoms with Gasteiger partial charge in [-0.15, -0.1) is 0 Å². The van der Waals surface area contributed by atoms with Crippen molar-refractivity contribution in [3.8, 4) is 0 Å². The number of carbonyl (C=O) groups is 1. The number of benzene rings is 1. The average Bonchev–Trinajstić information content (AvgIpc) is 2.37. The van der Waals surface area contributed by atoms with E-state index < -0.39 is 10.0 Å². The van der Waals surface area contributed by atoms with E-state index in [0.717, 1.165) is 12.8 Å². The molecule has 6 heteroatoms. The number of hydrogen-bond donors (Lipinski definition) is 2. The van der Waals surface area contributed by atoms with Crippen molar-refractivity contribution < 1.29 is 13.2 Å². The standard InChI is InChI=1S/C13H20N2O3S/c1-3-5-13(16)15-11-6-8-12(9-7-11)19(17,18)14-10-4-2/h6-9,14H,3-5,10H2,1-2H3,(H,15,16). The molecule has 0 saturated carbocycles. The minimum absolute atomic E-state index is 0.0674. The molecule has 2 N–H and O–H groups in total. The van der Waals surface area contributed by atoms with Crippen molar-refractivity contribution in [1.82, 2.24) is 4.72 Å². The van der Waals surface area contributed by atoms with E-state index in [-0.39, 0.29) is 10.8 Å². The molecule has 0 fully saturated rings. The highest BCUT2D eigenvalue weighted by Gasteiger charge is 2.12. The van der Waals surface area contributed by atoms with Crippen molar-refractivity contribution in [3.63, 3.8) is 0 Å². The molecule has 0 saturated heterocycles. The van der Waals surface area contributed by atoms with Crippen LogP contribution >= 0.6 is 0 Å². The molecular weight excluding hydrogens is 264 g/mol. The number of amides is 1. The molecule has 1 aromatic carbocycles. The Bertz CT molecular complexity index is 509. The maximum atomic E-state index is 11.8. The lowest BCUT2D eigenvalue weighted by Gasteiger charge is -2.07. The summed E-state index contributed by atoms with van der Waals surface area (Å²) in [7, 11) is -3.44. The van der Waals surface area contributed by atoms with Gasteiger partial charge >= 0.3 is 0 Å². The first kappa shape index (κ1) is 15.7. The van der Waals surface area contributed by atoms with E-state index in [0.29, 0.717) is 18.7 Å². The van der Waals surface area contributed by atoms with E-state index in [1.165, 1.54) is 12.1 Å². The van der Waals surface area contributed by atoms with E-state index in [1.54, 1.807) is 12.1 Å². The molecule has 0 aliphatic carbocycles. The molecule has 0 heterocycles. The summed E-state index contributed by atoms with van der Waals surface area (Å²) >= 11 is 0. The Morgan fingerprint density at radius 2 is 1.74 bits per heavy atom. The van der Waals surface area contributed by atoms with Gasteiger partial charge in [-0.3, -0.25) is 4.79 Å². The van der Waals surface area contributed by atoms with Gasteiger partial charge in [0.2, 0.25) is 15.9 Å². The topological polar surface area (TPSA) is 75.3 Å². The molecule has 1 aromatic rings. The average molecular weight is 284 g/mol. The second-order valence-corrected chi connectivity index (χ2v) is 5.99. The summed E-state index contributed by atoms with van der Waals surface area (Å²) in [5.41, 5.74) is 0.605. The van der Waals surface area contributed by atoms with E-state index >= 15 is 0 Å². The summed E-state index contributed by atoms with van der Waals surface area (Å²) in [6.45, 7) is 4.24. The van der Waals surface area contributed by atoms with Crippen LogP contribution in [0.1, 0.15) is 33.1 Å². The molecule has 0 bridgehead atoms. The van der Waals surface area contributed by atoms with Crippen LogP contribution in [-0.2, 0) is 14.8 Å². The predicted octanol–water partition coefficient (Wildman–Crippen LogP) is 2.11. The van der Waals surface area contributed by atoms with E-state index in [4.69, 9.17) is 0 Å². The molecule has 0 spiro atoms. The van der Waals surface area contributed by atoms with Crippen LogP contribution < -0.4 is 10.0 Å². The Balaban J connectivity index is 2.73. The van der Waals surface area contributed by atoms with Crippen LogP contribution in [0.25, 0.3) is 0 Å². The van der Waals surface area contributed by atoms with Crippen LogP contribution in [0.5, 0.6) is 0 Å². The lowest BCUT2D eigenvalue weighted by Crippen LogP contribution is -2.24. The molecule has 0 radical (unpaired) electrons. The van der Waals surface area contributed by atoms with Crippen LogP contribution in [0, 0.1) is 0 Å². The molecule has 0 atom stereocenters. The fourth-order valence-electron chi connectivity index (χ4n) is 1.49. The van der Waals surface area contributed by atoms with E-state index in [1.807, 2.05) is 13.8 Å². The number of hydrogen-bond acceptors (Lipinski definition) is 3. The number of anilines is 1. The van der Waals surface area contributed by atoms with Crippen LogP contribution in [0.15, 0.2) is 29.2 Å². The first-order chi connectivity index (χ1) is 8.99. The molecular formula is C13H20N2O3S. The maximum absolute atomic E-state index is 11.8. The first-order valence-corrected chi connectivity index (χ1v) is 7.87.